The molecule has 0 aromatic rings. The Morgan fingerprint density at radius 1 is 1.57 bits per heavy atom. The molecule has 0 spiro atoms. The molecule has 4 N–H and O–H groups in total. The molecule has 0 saturated heterocycles. The molecule has 0 aliphatic heterocycles. The van der Waals surface area contributed by atoms with Gasteiger partial charge in [0.25, 0.3) is 0 Å². The second-order valence-corrected chi connectivity index (χ2v) is 0.886. The van der Waals surface area contributed by atoms with Crippen LogP contribution in [0.4, 0.5) is 0 Å². The normalized spacial score (nSPS) is 8.29. The van der Waals surface area contributed by atoms with Gasteiger partial charge in [0.1, 0.15) is 0 Å². The molecule has 0 aromatic carbocycles. The number of halogens is 1. The van der Waals surface area contributed by atoms with Crippen molar-refractivity contribution in [2.75, 3.05) is 0 Å². The molecule has 0 aliphatic carbocycles. The number of hydrazone groups is 1. The molecular formula is CH4ClN3NiS. The van der Waals surface area contributed by atoms with Crippen molar-refractivity contribution < 1.29 is 28.9 Å². The van der Waals surface area contributed by atoms with Gasteiger partial charge in [-0.1, -0.05) is 0 Å². The Labute approximate surface area is 63.6 Å². The maximum atomic E-state index is 4.73. The van der Waals surface area contributed by atoms with Gasteiger partial charge in [0.15, 0.2) is 0 Å². The summed E-state index contributed by atoms with van der Waals surface area (Å²) in [4.78, 5) is 0. The van der Waals surface area contributed by atoms with E-state index in [0.717, 1.165) is 0 Å². The number of hydrogen-bond acceptors (Lipinski definition) is 3. The van der Waals surface area contributed by atoms with Crippen molar-refractivity contribution in [2.45, 2.75) is 0 Å². The Kier molecular flexibility index (Phi) is 21.4. The summed E-state index contributed by atoms with van der Waals surface area (Å²) in [5, 5.41) is 2.89. The third-order valence-electron chi connectivity index (χ3n) is 0.127. The van der Waals surface area contributed by atoms with E-state index in [-0.39, 0.29) is 34.1 Å². The fourth-order valence-corrected chi connectivity index (χ4v) is 0. The Balaban J connectivity index is -0.0000000800. The van der Waals surface area contributed by atoms with Crippen LogP contribution in [-0.4, -0.2) is 5.17 Å². The Morgan fingerprint density at radius 3 is 1.71 bits per heavy atom. The Bertz CT molecular complexity index is 52.9. The number of rotatable bonds is 0. The fourth-order valence-electron chi connectivity index (χ4n) is 0. The predicted molar refractivity (Wildman–Crippen MR) is 23.2 cm³/mol. The van der Waals surface area contributed by atoms with Gasteiger partial charge < -0.3 is 36.6 Å². The largest absolute Gasteiger partial charge is 2.00 e. The van der Waals surface area contributed by atoms with Crippen molar-refractivity contribution in [2.24, 2.45) is 16.7 Å². The Hall–Kier alpha value is 0.274. The van der Waals surface area contributed by atoms with Crippen LogP contribution in [0.25, 0.3) is 0 Å². The first-order valence-corrected chi connectivity index (χ1v) is 1.38. The number of nitrogens with zero attached hydrogens (tertiary/aromatic N) is 1. The van der Waals surface area contributed by atoms with E-state index in [9.17, 15) is 0 Å². The second-order valence-electron chi connectivity index (χ2n) is 0.467. The molecule has 0 fully saturated rings. The van der Waals surface area contributed by atoms with Gasteiger partial charge in [-0.25, -0.2) is 0 Å². The standard InChI is InChI=1S/CH5N3S.ClH.Ni/c2-1(5)4-3;;/h3H2,(H3,2,4,5);1H;/q;;+2/p-2. The summed E-state index contributed by atoms with van der Waals surface area (Å²) >= 11 is 4.18. The molecule has 6 heteroatoms. The van der Waals surface area contributed by atoms with Crippen LogP contribution < -0.4 is 24.0 Å². The maximum absolute atomic E-state index is 4.73. The minimum absolute atomic E-state index is 0. The van der Waals surface area contributed by atoms with E-state index in [2.05, 4.69) is 23.6 Å². The molecule has 0 aromatic heterocycles. The number of nitrogens with two attached hydrogens (primary N) is 2. The van der Waals surface area contributed by atoms with E-state index in [0.29, 0.717) is 0 Å². The van der Waals surface area contributed by atoms with Crippen molar-refractivity contribution in [1.29, 1.82) is 0 Å². The van der Waals surface area contributed by atoms with Crippen LogP contribution in [0.1, 0.15) is 0 Å². The second kappa shape index (κ2) is 9.55. The molecule has 0 heterocycles. The molecule has 0 unspecified atom stereocenters. The number of amidine groups is 1. The summed E-state index contributed by atoms with van der Waals surface area (Å²) in [7, 11) is 0. The van der Waals surface area contributed by atoms with E-state index >= 15 is 0 Å². The number of hydrogen-bond donors (Lipinski definition) is 2. The molecular weight excluding hydrogens is 180 g/mol. The first kappa shape index (κ1) is 15.7. The van der Waals surface area contributed by atoms with Gasteiger partial charge in [-0.05, 0) is 5.17 Å². The average Bonchev–Trinajstić information content (AvgIpc) is 1.38. The van der Waals surface area contributed by atoms with Gasteiger partial charge in [-0.2, -0.15) is 5.10 Å². The van der Waals surface area contributed by atoms with E-state index in [1.54, 1.807) is 0 Å². The maximum Gasteiger partial charge on any atom is 2.00 e. The van der Waals surface area contributed by atoms with Crippen LogP contribution in [0, 0.1) is 0 Å². The van der Waals surface area contributed by atoms with Gasteiger partial charge in [0.05, 0.1) is 0 Å². The summed E-state index contributed by atoms with van der Waals surface area (Å²) in [6.45, 7) is 0. The third kappa shape index (κ3) is 22.2. The monoisotopic (exact) mass is 183 g/mol. The Morgan fingerprint density at radius 2 is 1.71 bits per heavy atom. The van der Waals surface area contributed by atoms with Crippen molar-refractivity contribution in [1.82, 2.24) is 0 Å². The van der Waals surface area contributed by atoms with Crippen LogP contribution in [0.15, 0.2) is 5.10 Å². The molecule has 0 radical (unpaired) electrons. The summed E-state index contributed by atoms with van der Waals surface area (Å²) in [6.07, 6.45) is 0. The van der Waals surface area contributed by atoms with Crippen LogP contribution in [0.2, 0.25) is 0 Å². The van der Waals surface area contributed by atoms with E-state index in [4.69, 9.17) is 5.73 Å². The molecule has 7 heavy (non-hydrogen) atoms. The molecule has 0 rings (SSSR count). The zero-order valence-corrected chi connectivity index (χ0v) is 5.76. The van der Waals surface area contributed by atoms with Gasteiger partial charge >= 0.3 is 16.5 Å². The molecule has 46 valence electrons. The SMILES string of the molecule is N/N=C(/N)[S-].[Cl-].[Ni+2]. The molecule has 0 saturated carbocycles. The molecule has 0 bridgehead atoms. The average molecular weight is 184 g/mol. The van der Waals surface area contributed by atoms with Crippen molar-refractivity contribution in [3.63, 3.8) is 0 Å². The topological polar surface area (TPSA) is 64.4 Å². The quantitative estimate of drug-likeness (QED) is 0.100. The van der Waals surface area contributed by atoms with E-state index in [1.165, 1.54) is 0 Å². The van der Waals surface area contributed by atoms with Crippen LogP contribution >= 0.6 is 0 Å². The van der Waals surface area contributed by atoms with Gasteiger partial charge in [-0.15, -0.1) is 0 Å². The first-order valence-electron chi connectivity index (χ1n) is 0.975. The van der Waals surface area contributed by atoms with Crippen LogP contribution in [-0.2, 0) is 29.1 Å². The molecule has 0 atom stereocenters. The summed E-state index contributed by atoms with van der Waals surface area (Å²) in [6, 6.07) is 0. The van der Waals surface area contributed by atoms with Gasteiger partial charge in [0, 0.05) is 0 Å². The van der Waals surface area contributed by atoms with Gasteiger partial charge in [-0.3, -0.25) is 0 Å². The van der Waals surface area contributed by atoms with E-state index < -0.39 is 0 Å². The molecule has 3 nitrogen and oxygen atoms in total. The summed E-state index contributed by atoms with van der Waals surface area (Å²) in [5.41, 5.74) is 4.73. The van der Waals surface area contributed by atoms with Crippen molar-refractivity contribution in [3.8, 4) is 0 Å². The summed E-state index contributed by atoms with van der Waals surface area (Å²) < 4.78 is 0. The predicted octanol–water partition coefficient (Wildman–Crippen LogP) is -4.28. The molecule has 0 aliphatic rings. The summed E-state index contributed by atoms with van der Waals surface area (Å²) in [5.74, 6) is 4.53. The minimum Gasteiger partial charge on any atom is -1.00 e. The smallest absolute Gasteiger partial charge is 1.00 e. The molecule has 0 amide bonds. The third-order valence-corrected chi connectivity index (χ3v) is 0.233. The zero-order valence-electron chi connectivity index (χ0n) is 3.20. The van der Waals surface area contributed by atoms with Crippen LogP contribution in [0.5, 0.6) is 0 Å². The minimum atomic E-state index is -0.00926. The van der Waals surface area contributed by atoms with E-state index in [1.807, 2.05) is 0 Å². The van der Waals surface area contributed by atoms with Crippen LogP contribution in [0.3, 0.4) is 0 Å². The zero-order chi connectivity index (χ0) is 4.28. The van der Waals surface area contributed by atoms with Gasteiger partial charge in [0.2, 0.25) is 0 Å². The van der Waals surface area contributed by atoms with Crippen molar-refractivity contribution in [3.05, 3.63) is 0 Å². The first-order chi connectivity index (χ1) is 2.27. The fraction of sp³-hybridized carbons (Fsp3) is 0. The van der Waals surface area contributed by atoms with Crippen molar-refractivity contribution >= 4 is 17.8 Å².